The van der Waals surface area contributed by atoms with E-state index in [1.165, 1.54) is 24.3 Å². The molecular formula is C22H32F3N3O5. The molecule has 2 rings (SSSR count). The van der Waals surface area contributed by atoms with Gasteiger partial charge in [-0.05, 0) is 43.0 Å². The predicted octanol–water partition coefficient (Wildman–Crippen LogP) is 3.78. The van der Waals surface area contributed by atoms with Gasteiger partial charge in [-0.15, -0.1) is 13.2 Å². The molecule has 0 saturated carbocycles. The molecule has 1 unspecified atom stereocenters. The quantitative estimate of drug-likeness (QED) is 0.595. The third-order valence-electron chi connectivity index (χ3n) is 4.71. The molecule has 2 N–H and O–H groups in total. The zero-order valence-electron chi connectivity index (χ0n) is 19.3. The highest BCUT2D eigenvalue weighted by Gasteiger charge is 2.33. The maximum absolute atomic E-state index is 12.9. The number of anilines is 1. The lowest BCUT2D eigenvalue weighted by Gasteiger charge is -2.32. The molecule has 0 aromatic heterocycles. The fraction of sp³-hybridized carbons (Fsp3) is 0.636. The first kappa shape index (κ1) is 26.6. The molecule has 0 spiro atoms. The van der Waals surface area contributed by atoms with Gasteiger partial charge < -0.3 is 29.7 Å². The Hall–Kier alpha value is -2.69. The van der Waals surface area contributed by atoms with Crippen molar-refractivity contribution in [2.45, 2.75) is 52.6 Å². The Labute approximate surface area is 191 Å². The molecule has 1 aromatic rings. The van der Waals surface area contributed by atoms with Gasteiger partial charge in [-0.2, -0.15) is 0 Å². The standard InChI is InChI=1S/C22H32F3N3O5/c1-15(14-26-16-5-7-17(8-6-16)33-22(23,24)25)27-20(30)32-18(13-21(2,3)4)19(29)28-9-11-31-12-10-28/h5-8,15,18,26H,9-14H2,1-4H3,(H,27,30)/t15-,18?/m0/s1. The van der Waals surface area contributed by atoms with Crippen molar-refractivity contribution in [1.29, 1.82) is 0 Å². The third-order valence-corrected chi connectivity index (χ3v) is 4.71. The van der Waals surface area contributed by atoms with Gasteiger partial charge in [-0.1, -0.05) is 20.8 Å². The van der Waals surface area contributed by atoms with Crippen molar-refractivity contribution in [1.82, 2.24) is 10.2 Å². The fourth-order valence-electron chi connectivity index (χ4n) is 3.18. The first-order valence-corrected chi connectivity index (χ1v) is 10.8. The number of morpholine rings is 1. The van der Waals surface area contributed by atoms with E-state index < -0.39 is 18.6 Å². The van der Waals surface area contributed by atoms with E-state index in [2.05, 4.69) is 15.4 Å². The van der Waals surface area contributed by atoms with Crippen LogP contribution in [0.2, 0.25) is 0 Å². The van der Waals surface area contributed by atoms with Crippen molar-refractivity contribution in [2.75, 3.05) is 38.2 Å². The van der Waals surface area contributed by atoms with E-state index in [1.807, 2.05) is 20.8 Å². The van der Waals surface area contributed by atoms with E-state index in [1.54, 1.807) is 11.8 Å². The Bertz CT molecular complexity index is 775. The number of alkyl carbamates (subject to hydrolysis) is 1. The number of nitrogens with zero attached hydrogens (tertiary/aromatic N) is 1. The van der Waals surface area contributed by atoms with Gasteiger partial charge in [0, 0.05) is 31.4 Å². The number of rotatable bonds is 8. The summed E-state index contributed by atoms with van der Waals surface area (Å²) >= 11 is 0. The largest absolute Gasteiger partial charge is 0.573 e. The maximum Gasteiger partial charge on any atom is 0.573 e. The minimum atomic E-state index is -4.75. The lowest BCUT2D eigenvalue weighted by molar-refractivity contribution is -0.274. The Kier molecular flexibility index (Phi) is 9.21. The number of alkyl halides is 3. The molecule has 0 radical (unpaired) electrons. The second kappa shape index (κ2) is 11.4. The van der Waals surface area contributed by atoms with Gasteiger partial charge in [0.1, 0.15) is 5.75 Å². The molecule has 8 nitrogen and oxygen atoms in total. The Balaban J connectivity index is 1.86. The summed E-state index contributed by atoms with van der Waals surface area (Å²) in [5, 5.41) is 5.68. The highest BCUT2D eigenvalue weighted by Crippen LogP contribution is 2.25. The molecule has 1 fully saturated rings. The van der Waals surface area contributed by atoms with Gasteiger partial charge in [-0.25, -0.2) is 4.79 Å². The van der Waals surface area contributed by atoms with Crippen LogP contribution in [0.3, 0.4) is 0 Å². The molecule has 2 atom stereocenters. The average molecular weight is 476 g/mol. The average Bonchev–Trinajstić information content (AvgIpc) is 2.70. The SMILES string of the molecule is C[C@@H](CNc1ccc(OC(F)(F)F)cc1)NC(=O)OC(CC(C)(C)C)C(=O)N1CCOCC1. The molecule has 1 heterocycles. The second-order valence-electron chi connectivity index (χ2n) is 9.09. The van der Waals surface area contributed by atoms with Crippen LogP contribution in [0, 0.1) is 5.41 Å². The van der Waals surface area contributed by atoms with E-state index in [-0.39, 0.29) is 29.7 Å². The molecule has 11 heteroatoms. The van der Waals surface area contributed by atoms with Crippen LogP contribution in [0.1, 0.15) is 34.1 Å². The molecular weight excluding hydrogens is 443 g/mol. The number of carbonyl (C=O) groups is 2. The van der Waals surface area contributed by atoms with Gasteiger partial charge in [-0.3, -0.25) is 4.79 Å². The summed E-state index contributed by atoms with van der Waals surface area (Å²) in [5.74, 6) is -0.562. The Morgan fingerprint density at radius 3 is 2.27 bits per heavy atom. The van der Waals surface area contributed by atoms with Crippen molar-refractivity contribution in [3.05, 3.63) is 24.3 Å². The molecule has 33 heavy (non-hydrogen) atoms. The van der Waals surface area contributed by atoms with E-state index in [0.29, 0.717) is 38.4 Å². The van der Waals surface area contributed by atoms with Crippen LogP contribution in [0.4, 0.5) is 23.7 Å². The maximum atomic E-state index is 12.9. The molecule has 1 aliphatic rings. The van der Waals surface area contributed by atoms with Gasteiger partial charge >= 0.3 is 12.5 Å². The highest BCUT2D eigenvalue weighted by atomic mass is 19.4. The summed E-state index contributed by atoms with van der Waals surface area (Å²) in [5.41, 5.74) is 0.321. The summed E-state index contributed by atoms with van der Waals surface area (Å²) in [6, 6.07) is 4.88. The number of hydrogen-bond acceptors (Lipinski definition) is 6. The van der Waals surface area contributed by atoms with Crippen molar-refractivity contribution < 1.29 is 37.0 Å². The molecule has 0 bridgehead atoms. The molecule has 0 aliphatic carbocycles. The molecule has 1 aliphatic heterocycles. The number of hydrogen-bond donors (Lipinski definition) is 2. The number of carbonyl (C=O) groups excluding carboxylic acids is 2. The van der Waals surface area contributed by atoms with Crippen LogP contribution >= 0.6 is 0 Å². The summed E-state index contributed by atoms with van der Waals surface area (Å²) < 4.78 is 51.3. The van der Waals surface area contributed by atoms with E-state index >= 15 is 0 Å². The van der Waals surface area contributed by atoms with Crippen LogP contribution < -0.4 is 15.4 Å². The molecule has 2 amide bonds. The van der Waals surface area contributed by atoms with Crippen molar-refractivity contribution in [2.24, 2.45) is 5.41 Å². The van der Waals surface area contributed by atoms with Crippen LogP contribution in [-0.2, 0) is 14.3 Å². The predicted molar refractivity (Wildman–Crippen MR) is 116 cm³/mol. The summed E-state index contributed by atoms with van der Waals surface area (Å²) in [4.78, 5) is 27.0. The monoisotopic (exact) mass is 475 g/mol. The van der Waals surface area contributed by atoms with Gasteiger partial charge in [0.2, 0.25) is 0 Å². The minimum Gasteiger partial charge on any atom is -0.436 e. The van der Waals surface area contributed by atoms with Crippen molar-refractivity contribution in [3.8, 4) is 5.75 Å². The lowest BCUT2D eigenvalue weighted by atomic mass is 9.88. The topological polar surface area (TPSA) is 89.1 Å². The summed E-state index contributed by atoms with van der Waals surface area (Å²) in [6.07, 6.45) is -6.00. The first-order valence-electron chi connectivity index (χ1n) is 10.8. The first-order chi connectivity index (χ1) is 15.3. The van der Waals surface area contributed by atoms with Gasteiger partial charge in [0.25, 0.3) is 5.91 Å². The number of halogens is 3. The van der Waals surface area contributed by atoms with Crippen LogP contribution in [-0.4, -0.2) is 68.3 Å². The van der Waals surface area contributed by atoms with Crippen LogP contribution in [0.15, 0.2) is 24.3 Å². The Morgan fingerprint density at radius 1 is 1.12 bits per heavy atom. The number of benzene rings is 1. The zero-order chi connectivity index (χ0) is 24.6. The van der Waals surface area contributed by atoms with Crippen molar-refractivity contribution >= 4 is 17.7 Å². The summed E-state index contributed by atoms with van der Waals surface area (Å²) in [7, 11) is 0. The van der Waals surface area contributed by atoms with Crippen molar-refractivity contribution in [3.63, 3.8) is 0 Å². The van der Waals surface area contributed by atoms with Crippen LogP contribution in [0.25, 0.3) is 0 Å². The number of ether oxygens (including phenoxy) is 3. The Morgan fingerprint density at radius 2 is 1.73 bits per heavy atom. The van der Waals surface area contributed by atoms with E-state index in [0.717, 1.165) is 0 Å². The lowest BCUT2D eigenvalue weighted by Crippen LogP contribution is -2.49. The smallest absolute Gasteiger partial charge is 0.436 e. The second-order valence-corrected chi connectivity index (χ2v) is 9.09. The zero-order valence-corrected chi connectivity index (χ0v) is 19.3. The summed E-state index contributed by atoms with van der Waals surface area (Å²) in [6.45, 7) is 9.73. The molecule has 1 aromatic carbocycles. The van der Waals surface area contributed by atoms with Crippen LogP contribution in [0.5, 0.6) is 5.75 Å². The van der Waals surface area contributed by atoms with E-state index in [9.17, 15) is 22.8 Å². The number of amides is 2. The van der Waals surface area contributed by atoms with E-state index in [4.69, 9.17) is 9.47 Å². The fourth-order valence-corrected chi connectivity index (χ4v) is 3.18. The van der Waals surface area contributed by atoms with Gasteiger partial charge in [0.05, 0.1) is 13.2 Å². The van der Waals surface area contributed by atoms with Gasteiger partial charge in [0.15, 0.2) is 6.10 Å². The minimum absolute atomic E-state index is 0.234. The highest BCUT2D eigenvalue weighted by molar-refractivity contribution is 5.83. The third kappa shape index (κ3) is 10.2. The normalized spacial score (nSPS) is 16.5. The molecule has 1 saturated heterocycles. The number of nitrogens with one attached hydrogen (secondary N) is 2. The molecule has 186 valence electrons.